The molecule has 0 aliphatic rings. The van der Waals surface area contributed by atoms with E-state index in [-0.39, 0.29) is 0 Å². The van der Waals surface area contributed by atoms with Gasteiger partial charge in [-0.05, 0) is 128 Å². The fraction of sp³-hybridized carbons (Fsp3) is 0. The van der Waals surface area contributed by atoms with Gasteiger partial charge in [0.1, 0.15) is 0 Å². The summed E-state index contributed by atoms with van der Waals surface area (Å²) in [5.41, 5.74) is 16.5. The Balaban J connectivity index is 0.930. The van der Waals surface area contributed by atoms with E-state index in [1.54, 1.807) is 0 Å². The molecule has 4 nitrogen and oxygen atoms in total. The van der Waals surface area contributed by atoms with Crippen LogP contribution >= 0.6 is 0 Å². The molecule has 0 saturated heterocycles. The van der Waals surface area contributed by atoms with Crippen LogP contribution in [0.2, 0.25) is 0 Å². The average Bonchev–Trinajstić information content (AvgIpc) is 3.95. The third kappa shape index (κ3) is 6.69. The molecule has 3 aromatic heterocycles. The summed E-state index contributed by atoms with van der Waals surface area (Å²) in [6.45, 7) is 0. The Kier molecular flexibility index (Phi) is 9.17. The fourth-order valence-electron chi connectivity index (χ4n) is 10.7. The van der Waals surface area contributed by atoms with Crippen molar-refractivity contribution in [2.45, 2.75) is 0 Å². The first-order chi connectivity index (χ1) is 34.7. The Morgan fingerprint density at radius 1 is 0.229 bits per heavy atom. The number of hydrogen-bond donors (Lipinski definition) is 0. The highest BCUT2D eigenvalue weighted by molar-refractivity contribution is 6.13. The van der Waals surface area contributed by atoms with Crippen LogP contribution in [0, 0.1) is 0 Å². The summed E-state index contributed by atoms with van der Waals surface area (Å²) >= 11 is 0. The molecule has 14 aromatic rings. The lowest BCUT2D eigenvalue weighted by atomic mass is 9.98. The summed E-state index contributed by atoms with van der Waals surface area (Å²) in [4.78, 5) is 10.8. The first kappa shape index (κ1) is 39.8. The SMILES string of the molecule is c1ccc(-c2cc(-c3ccccc3)cc(-n3c4ccccc4c4cc(-c5ccc6c(c5)c5ccccc5n6-c5nc(-c6ccc7ccccc7c6)cc(-c6ccc7ccccc7c6)n5)ccc43)c2)cc1. The van der Waals surface area contributed by atoms with Crippen molar-refractivity contribution in [2.75, 3.05) is 0 Å². The second-order valence-electron chi connectivity index (χ2n) is 18.2. The van der Waals surface area contributed by atoms with Gasteiger partial charge in [-0.15, -0.1) is 0 Å². The van der Waals surface area contributed by atoms with Crippen LogP contribution in [0.5, 0.6) is 0 Å². The molecule has 4 heteroatoms. The number of rotatable bonds is 7. The van der Waals surface area contributed by atoms with E-state index in [1.807, 2.05) is 0 Å². The molecule has 326 valence electrons. The van der Waals surface area contributed by atoms with E-state index in [4.69, 9.17) is 9.97 Å². The third-order valence-electron chi connectivity index (χ3n) is 14.1. The number of hydrogen-bond acceptors (Lipinski definition) is 2. The Hall–Kier alpha value is -9.38. The summed E-state index contributed by atoms with van der Waals surface area (Å²) in [6.07, 6.45) is 0. The van der Waals surface area contributed by atoms with Crippen LogP contribution in [0.25, 0.3) is 133 Å². The van der Waals surface area contributed by atoms with Crippen LogP contribution in [0.3, 0.4) is 0 Å². The molecule has 14 rings (SSSR count). The van der Waals surface area contributed by atoms with Crippen molar-refractivity contribution in [2.24, 2.45) is 0 Å². The van der Waals surface area contributed by atoms with E-state index in [9.17, 15) is 0 Å². The lowest BCUT2D eigenvalue weighted by molar-refractivity contribution is 0.996. The van der Waals surface area contributed by atoms with Gasteiger partial charge < -0.3 is 4.57 Å². The van der Waals surface area contributed by atoms with E-state index < -0.39 is 0 Å². The van der Waals surface area contributed by atoms with Gasteiger partial charge in [0, 0.05) is 38.4 Å². The monoisotopic (exact) mass is 890 g/mol. The quantitative estimate of drug-likeness (QED) is 0.160. The normalized spacial score (nSPS) is 11.7. The topological polar surface area (TPSA) is 35.6 Å². The van der Waals surface area contributed by atoms with Gasteiger partial charge in [-0.3, -0.25) is 4.57 Å². The van der Waals surface area contributed by atoms with Gasteiger partial charge in [0.25, 0.3) is 0 Å². The minimum Gasteiger partial charge on any atom is -0.309 e. The van der Waals surface area contributed by atoms with Crippen molar-refractivity contribution in [1.29, 1.82) is 0 Å². The van der Waals surface area contributed by atoms with Crippen LogP contribution in [-0.4, -0.2) is 19.1 Å². The van der Waals surface area contributed by atoms with Gasteiger partial charge in [-0.1, -0.05) is 182 Å². The molecular weight excluding hydrogens is 849 g/mol. The van der Waals surface area contributed by atoms with Crippen molar-refractivity contribution >= 4 is 65.2 Å². The van der Waals surface area contributed by atoms with E-state index in [1.165, 1.54) is 60.1 Å². The number of aromatic nitrogens is 4. The Morgan fingerprint density at radius 3 is 1.17 bits per heavy atom. The minimum absolute atomic E-state index is 0.633. The van der Waals surface area contributed by atoms with Gasteiger partial charge in [0.15, 0.2) is 0 Å². The molecule has 0 unspecified atom stereocenters. The highest BCUT2D eigenvalue weighted by Gasteiger charge is 2.20. The summed E-state index contributed by atoms with van der Waals surface area (Å²) in [6, 6.07) is 91.9. The number of fused-ring (bicyclic) bond motifs is 8. The number of benzene rings is 11. The Bertz CT molecular complexity index is 4200. The van der Waals surface area contributed by atoms with Crippen LogP contribution in [0.1, 0.15) is 0 Å². The van der Waals surface area contributed by atoms with Gasteiger partial charge in [-0.25, -0.2) is 9.97 Å². The summed E-state index contributed by atoms with van der Waals surface area (Å²) in [5.74, 6) is 0.633. The lowest BCUT2D eigenvalue weighted by Gasteiger charge is -2.14. The van der Waals surface area contributed by atoms with E-state index >= 15 is 0 Å². The molecule has 0 radical (unpaired) electrons. The second-order valence-corrected chi connectivity index (χ2v) is 18.2. The van der Waals surface area contributed by atoms with Crippen molar-refractivity contribution in [3.63, 3.8) is 0 Å². The van der Waals surface area contributed by atoms with Crippen molar-refractivity contribution in [3.8, 4) is 67.5 Å². The molecule has 0 N–H and O–H groups in total. The standard InChI is InChI=1S/C66H42N4/c1-3-15-43(16-4-1)53-37-54(44-17-5-2-6-18-44)39-55(38-53)69-62-25-13-11-23-56(62)58-40-49(31-33-64(58)69)50-32-34-65-59(41-50)57-24-12-14-26-63(57)70(65)66-67-60(51-29-27-45-19-7-9-21-47(45)35-51)42-61(68-66)52-30-28-46-20-8-10-22-48(46)36-52/h1-42H. The highest BCUT2D eigenvalue weighted by atomic mass is 15.2. The third-order valence-corrected chi connectivity index (χ3v) is 14.1. The molecule has 70 heavy (non-hydrogen) atoms. The first-order valence-electron chi connectivity index (χ1n) is 23.9. The predicted molar refractivity (Wildman–Crippen MR) is 293 cm³/mol. The molecule has 11 aromatic carbocycles. The first-order valence-corrected chi connectivity index (χ1v) is 23.9. The van der Waals surface area contributed by atoms with Crippen molar-refractivity contribution < 1.29 is 0 Å². The van der Waals surface area contributed by atoms with Crippen molar-refractivity contribution in [3.05, 3.63) is 255 Å². The molecule has 0 saturated carbocycles. The zero-order chi connectivity index (χ0) is 46.1. The average molecular weight is 891 g/mol. The van der Waals surface area contributed by atoms with Crippen LogP contribution in [0.15, 0.2) is 255 Å². The molecule has 3 heterocycles. The van der Waals surface area contributed by atoms with Gasteiger partial charge in [0.2, 0.25) is 5.95 Å². The Morgan fingerprint density at radius 2 is 0.643 bits per heavy atom. The highest BCUT2D eigenvalue weighted by Crippen LogP contribution is 2.40. The molecular formula is C66H42N4. The minimum atomic E-state index is 0.633. The predicted octanol–water partition coefficient (Wildman–Crippen LogP) is 17.3. The molecule has 0 spiro atoms. The van der Waals surface area contributed by atoms with Crippen LogP contribution in [-0.2, 0) is 0 Å². The largest absolute Gasteiger partial charge is 0.309 e. The maximum Gasteiger partial charge on any atom is 0.235 e. The summed E-state index contributed by atoms with van der Waals surface area (Å²) in [5, 5.41) is 9.47. The zero-order valence-electron chi connectivity index (χ0n) is 38.0. The molecule has 0 bridgehead atoms. The molecule has 0 aliphatic heterocycles. The zero-order valence-corrected chi connectivity index (χ0v) is 38.0. The summed E-state index contributed by atoms with van der Waals surface area (Å²) in [7, 11) is 0. The van der Waals surface area contributed by atoms with E-state index in [2.05, 4.69) is 264 Å². The maximum atomic E-state index is 5.41. The molecule has 0 aliphatic carbocycles. The van der Waals surface area contributed by atoms with E-state index in [0.717, 1.165) is 66.7 Å². The molecule has 0 atom stereocenters. The summed E-state index contributed by atoms with van der Waals surface area (Å²) < 4.78 is 4.68. The van der Waals surface area contributed by atoms with Gasteiger partial charge in [-0.2, -0.15) is 0 Å². The maximum absolute atomic E-state index is 5.41. The Labute approximate surface area is 404 Å². The number of nitrogens with zero attached hydrogens (tertiary/aromatic N) is 4. The molecule has 0 fully saturated rings. The molecule has 0 amide bonds. The van der Waals surface area contributed by atoms with Crippen LogP contribution in [0.4, 0.5) is 0 Å². The van der Waals surface area contributed by atoms with Gasteiger partial charge in [0.05, 0.1) is 33.5 Å². The van der Waals surface area contributed by atoms with E-state index in [0.29, 0.717) is 5.95 Å². The lowest BCUT2D eigenvalue weighted by Crippen LogP contribution is -2.04. The number of para-hydroxylation sites is 2. The fourth-order valence-corrected chi connectivity index (χ4v) is 10.7. The van der Waals surface area contributed by atoms with Crippen LogP contribution < -0.4 is 0 Å². The van der Waals surface area contributed by atoms with Crippen molar-refractivity contribution in [1.82, 2.24) is 19.1 Å². The smallest absolute Gasteiger partial charge is 0.235 e. The van der Waals surface area contributed by atoms with Gasteiger partial charge >= 0.3 is 0 Å². The second kappa shape index (κ2) is 16.2.